The lowest BCUT2D eigenvalue weighted by atomic mass is 9.97. The van der Waals surface area contributed by atoms with Crippen LogP contribution in [0.3, 0.4) is 0 Å². The maximum atomic E-state index is 11.6. The van der Waals surface area contributed by atoms with Gasteiger partial charge >= 0.3 is 5.97 Å². The molecule has 0 spiro atoms. The SMILES string of the molecule is CCOC(=O)c1cnc(NCC(O)C(CC)CC)nc1C. The number of hydrogen-bond donors (Lipinski definition) is 2. The molecule has 118 valence electrons. The maximum absolute atomic E-state index is 11.6. The molecule has 0 amide bonds. The summed E-state index contributed by atoms with van der Waals surface area (Å²) < 4.78 is 4.93. The fraction of sp³-hybridized carbons (Fsp3) is 0.667. The van der Waals surface area contributed by atoms with Gasteiger partial charge in [0.05, 0.1) is 24.0 Å². The summed E-state index contributed by atoms with van der Waals surface area (Å²) in [5.74, 6) is 0.251. The second kappa shape index (κ2) is 8.56. The van der Waals surface area contributed by atoms with Crippen LogP contribution in [0.4, 0.5) is 5.95 Å². The first-order valence-corrected chi connectivity index (χ1v) is 7.46. The summed E-state index contributed by atoms with van der Waals surface area (Å²) >= 11 is 0. The number of aliphatic hydroxyl groups is 1. The molecule has 0 bridgehead atoms. The van der Waals surface area contributed by atoms with Crippen molar-refractivity contribution in [3.63, 3.8) is 0 Å². The Hall–Kier alpha value is -1.69. The minimum Gasteiger partial charge on any atom is -0.462 e. The van der Waals surface area contributed by atoms with Gasteiger partial charge in [-0.05, 0) is 19.8 Å². The van der Waals surface area contributed by atoms with Crippen LogP contribution in [0.5, 0.6) is 0 Å². The van der Waals surface area contributed by atoms with Crippen LogP contribution in [0.2, 0.25) is 0 Å². The number of nitrogens with zero attached hydrogens (tertiary/aromatic N) is 2. The van der Waals surface area contributed by atoms with E-state index in [2.05, 4.69) is 29.1 Å². The minimum atomic E-state index is -0.436. The Morgan fingerprint density at radius 1 is 1.38 bits per heavy atom. The lowest BCUT2D eigenvalue weighted by molar-refractivity contribution is 0.0524. The van der Waals surface area contributed by atoms with Gasteiger partial charge in [-0.3, -0.25) is 0 Å². The first-order valence-electron chi connectivity index (χ1n) is 7.46. The molecule has 2 N–H and O–H groups in total. The molecule has 0 aromatic carbocycles. The van der Waals surface area contributed by atoms with Crippen LogP contribution in [-0.2, 0) is 4.74 Å². The molecule has 0 aliphatic carbocycles. The molecule has 0 fully saturated rings. The quantitative estimate of drug-likeness (QED) is 0.715. The van der Waals surface area contributed by atoms with Crippen molar-refractivity contribution in [3.05, 3.63) is 17.5 Å². The molecule has 1 unspecified atom stereocenters. The molecule has 21 heavy (non-hydrogen) atoms. The number of aliphatic hydroxyl groups excluding tert-OH is 1. The zero-order chi connectivity index (χ0) is 15.8. The lowest BCUT2D eigenvalue weighted by Crippen LogP contribution is -2.28. The van der Waals surface area contributed by atoms with Crippen molar-refractivity contribution in [1.82, 2.24) is 9.97 Å². The number of aryl methyl sites for hydroxylation is 1. The van der Waals surface area contributed by atoms with Gasteiger partial charge in [0.25, 0.3) is 0 Å². The molecule has 1 aromatic heterocycles. The number of esters is 1. The topological polar surface area (TPSA) is 84.3 Å². The van der Waals surface area contributed by atoms with E-state index in [-0.39, 0.29) is 5.92 Å². The fourth-order valence-electron chi connectivity index (χ4n) is 2.16. The minimum absolute atomic E-state index is 0.261. The van der Waals surface area contributed by atoms with Crippen LogP contribution in [0.25, 0.3) is 0 Å². The monoisotopic (exact) mass is 295 g/mol. The van der Waals surface area contributed by atoms with Gasteiger partial charge in [-0.2, -0.15) is 0 Å². The molecule has 0 radical (unpaired) electrons. The highest BCUT2D eigenvalue weighted by molar-refractivity contribution is 5.90. The molecule has 6 nitrogen and oxygen atoms in total. The average Bonchev–Trinajstić information content (AvgIpc) is 2.46. The Morgan fingerprint density at radius 3 is 2.57 bits per heavy atom. The smallest absolute Gasteiger partial charge is 0.341 e. The second-order valence-corrected chi connectivity index (χ2v) is 4.94. The zero-order valence-electron chi connectivity index (χ0n) is 13.2. The second-order valence-electron chi connectivity index (χ2n) is 4.94. The lowest BCUT2D eigenvalue weighted by Gasteiger charge is -2.20. The van der Waals surface area contributed by atoms with Gasteiger partial charge in [0, 0.05) is 12.7 Å². The Bertz CT molecular complexity index is 461. The van der Waals surface area contributed by atoms with Crippen LogP contribution in [0.15, 0.2) is 6.20 Å². The first kappa shape index (κ1) is 17.4. The van der Waals surface area contributed by atoms with Crippen LogP contribution in [-0.4, -0.2) is 40.3 Å². The van der Waals surface area contributed by atoms with E-state index >= 15 is 0 Å². The van der Waals surface area contributed by atoms with E-state index in [1.54, 1.807) is 13.8 Å². The molecule has 1 atom stereocenters. The number of rotatable bonds is 8. The van der Waals surface area contributed by atoms with E-state index in [9.17, 15) is 9.90 Å². The molecular formula is C15H25N3O3. The Kier molecular flexibility index (Phi) is 7.08. The molecular weight excluding hydrogens is 270 g/mol. The number of nitrogens with one attached hydrogen (secondary N) is 1. The molecule has 0 saturated carbocycles. The summed E-state index contributed by atoms with van der Waals surface area (Å²) in [4.78, 5) is 20.0. The van der Waals surface area contributed by atoms with Crippen LogP contribution < -0.4 is 5.32 Å². The van der Waals surface area contributed by atoms with Gasteiger partial charge in [-0.15, -0.1) is 0 Å². The number of hydrogen-bond acceptors (Lipinski definition) is 6. The molecule has 1 heterocycles. The van der Waals surface area contributed by atoms with Crippen molar-refractivity contribution in [3.8, 4) is 0 Å². The van der Waals surface area contributed by atoms with E-state index in [1.165, 1.54) is 6.20 Å². The zero-order valence-corrected chi connectivity index (χ0v) is 13.2. The third-order valence-corrected chi connectivity index (χ3v) is 3.54. The third kappa shape index (κ3) is 4.97. The summed E-state index contributed by atoms with van der Waals surface area (Å²) in [6, 6.07) is 0. The summed E-state index contributed by atoms with van der Waals surface area (Å²) in [6.45, 7) is 8.32. The van der Waals surface area contributed by atoms with E-state index in [0.717, 1.165) is 12.8 Å². The van der Waals surface area contributed by atoms with Crippen molar-refractivity contribution in [2.24, 2.45) is 5.92 Å². The highest BCUT2D eigenvalue weighted by atomic mass is 16.5. The van der Waals surface area contributed by atoms with E-state index in [1.807, 2.05) is 0 Å². The molecule has 6 heteroatoms. The number of carbonyl (C=O) groups excluding carboxylic acids is 1. The molecule has 1 aromatic rings. The molecule has 0 aliphatic rings. The van der Waals surface area contributed by atoms with E-state index in [4.69, 9.17) is 4.74 Å². The van der Waals surface area contributed by atoms with Crippen molar-refractivity contribution in [1.29, 1.82) is 0 Å². The number of carbonyl (C=O) groups is 1. The van der Waals surface area contributed by atoms with Gasteiger partial charge in [0.2, 0.25) is 5.95 Å². The van der Waals surface area contributed by atoms with Crippen molar-refractivity contribution >= 4 is 11.9 Å². The van der Waals surface area contributed by atoms with E-state index < -0.39 is 12.1 Å². The Balaban J connectivity index is 2.66. The van der Waals surface area contributed by atoms with Crippen LogP contribution in [0.1, 0.15) is 49.7 Å². The third-order valence-electron chi connectivity index (χ3n) is 3.54. The standard InChI is InChI=1S/C15H25N3O3/c1-5-11(6-2)13(19)9-17-15-16-8-12(10(4)18-15)14(20)21-7-3/h8,11,13,19H,5-7,9H2,1-4H3,(H,16,17,18). The summed E-state index contributed by atoms with van der Waals surface area (Å²) in [5.41, 5.74) is 0.922. The van der Waals surface area contributed by atoms with Gasteiger partial charge in [0.15, 0.2) is 0 Å². The normalized spacial score (nSPS) is 12.3. The Morgan fingerprint density at radius 2 is 2.05 bits per heavy atom. The number of aromatic nitrogens is 2. The summed E-state index contributed by atoms with van der Waals surface area (Å²) in [5, 5.41) is 13.1. The van der Waals surface area contributed by atoms with Crippen molar-refractivity contribution < 1.29 is 14.6 Å². The average molecular weight is 295 g/mol. The maximum Gasteiger partial charge on any atom is 0.341 e. The highest BCUT2D eigenvalue weighted by Crippen LogP contribution is 2.14. The first-order chi connectivity index (χ1) is 10.0. The van der Waals surface area contributed by atoms with Crippen molar-refractivity contribution in [2.45, 2.75) is 46.6 Å². The van der Waals surface area contributed by atoms with Gasteiger partial charge in [-0.25, -0.2) is 14.8 Å². The molecule has 0 saturated heterocycles. The summed E-state index contributed by atoms with van der Waals surface area (Å²) in [6.07, 6.45) is 2.88. The highest BCUT2D eigenvalue weighted by Gasteiger charge is 2.16. The van der Waals surface area contributed by atoms with Crippen molar-refractivity contribution in [2.75, 3.05) is 18.5 Å². The Labute approximate surface area is 126 Å². The largest absolute Gasteiger partial charge is 0.462 e. The predicted octanol–water partition coefficient (Wildman–Crippen LogP) is 2.17. The van der Waals surface area contributed by atoms with Crippen LogP contribution >= 0.6 is 0 Å². The summed E-state index contributed by atoms with van der Waals surface area (Å²) in [7, 11) is 0. The van der Waals surface area contributed by atoms with Gasteiger partial charge < -0.3 is 15.2 Å². The fourth-order valence-corrected chi connectivity index (χ4v) is 2.16. The number of anilines is 1. The van der Waals surface area contributed by atoms with Gasteiger partial charge in [0.1, 0.15) is 0 Å². The molecule has 1 rings (SSSR count). The van der Waals surface area contributed by atoms with E-state index in [0.29, 0.717) is 30.4 Å². The number of ether oxygens (including phenoxy) is 1. The molecule has 0 aliphatic heterocycles. The van der Waals surface area contributed by atoms with Crippen LogP contribution in [0, 0.1) is 12.8 Å². The predicted molar refractivity (Wildman–Crippen MR) is 81.3 cm³/mol. The van der Waals surface area contributed by atoms with Gasteiger partial charge in [-0.1, -0.05) is 26.7 Å².